The number of hydrogen-bond donors (Lipinski definition) is 1. The van der Waals surface area contributed by atoms with E-state index in [9.17, 15) is 4.79 Å². The maximum absolute atomic E-state index is 11.7. The molecule has 0 unspecified atom stereocenters. The van der Waals surface area contributed by atoms with Gasteiger partial charge in [-0.3, -0.25) is 4.79 Å². The molecule has 0 aromatic heterocycles. The summed E-state index contributed by atoms with van der Waals surface area (Å²) in [4.78, 5) is 14.2. The van der Waals surface area contributed by atoms with Crippen molar-refractivity contribution in [2.75, 3.05) is 26.2 Å². The summed E-state index contributed by atoms with van der Waals surface area (Å²) in [5.41, 5.74) is 2.39. The predicted molar refractivity (Wildman–Crippen MR) is 97.3 cm³/mol. The molecule has 1 heterocycles. The summed E-state index contributed by atoms with van der Waals surface area (Å²) in [5.74, 6) is -0.0165. The summed E-state index contributed by atoms with van der Waals surface area (Å²) in [5, 5.41) is 2.94. The highest BCUT2D eigenvalue weighted by atomic mass is 16.1. The minimum atomic E-state index is -0.0165. The number of rotatable bonds is 7. The fourth-order valence-corrected chi connectivity index (χ4v) is 2.74. The highest BCUT2D eigenvalue weighted by molar-refractivity contribution is 5.87. The van der Waals surface area contributed by atoms with Crippen molar-refractivity contribution in [2.24, 2.45) is 0 Å². The lowest BCUT2D eigenvalue weighted by Crippen LogP contribution is -2.33. The maximum Gasteiger partial charge on any atom is 0.243 e. The van der Waals surface area contributed by atoms with Crippen LogP contribution in [0.15, 0.2) is 42.5 Å². The molecule has 1 aromatic carbocycles. The number of likely N-dealkylation sites (tertiary alicyclic amines) is 1. The molecule has 1 N–H and O–H groups in total. The first kappa shape index (κ1) is 17.5. The van der Waals surface area contributed by atoms with Crippen LogP contribution in [-0.2, 0) is 4.79 Å². The monoisotopic (exact) mass is 312 g/mol. The SMILES string of the molecule is Cc1ccc(/C=C/C=C/C(=O)NCCCN2CCCCC2)cc1. The third-order valence-corrected chi connectivity index (χ3v) is 4.12. The average molecular weight is 312 g/mol. The van der Waals surface area contributed by atoms with Crippen molar-refractivity contribution in [3.05, 3.63) is 53.6 Å². The second kappa shape index (κ2) is 10.0. The second-order valence-corrected chi connectivity index (χ2v) is 6.18. The van der Waals surface area contributed by atoms with Gasteiger partial charge >= 0.3 is 0 Å². The molecule has 3 nitrogen and oxygen atoms in total. The number of piperidine rings is 1. The number of benzene rings is 1. The van der Waals surface area contributed by atoms with Gasteiger partial charge in [0.1, 0.15) is 0 Å². The molecular formula is C20H28N2O. The Bertz CT molecular complexity index is 525. The van der Waals surface area contributed by atoms with Crippen molar-refractivity contribution in [1.82, 2.24) is 10.2 Å². The average Bonchev–Trinajstić information content (AvgIpc) is 2.58. The van der Waals surface area contributed by atoms with Crippen molar-refractivity contribution in [2.45, 2.75) is 32.6 Å². The van der Waals surface area contributed by atoms with Crippen molar-refractivity contribution in [1.29, 1.82) is 0 Å². The molecule has 0 aliphatic carbocycles. The summed E-state index contributed by atoms with van der Waals surface area (Å²) in [6, 6.07) is 8.30. The summed E-state index contributed by atoms with van der Waals surface area (Å²) in [6.45, 7) is 6.36. The fourth-order valence-electron chi connectivity index (χ4n) is 2.74. The molecule has 1 fully saturated rings. The van der Waals surface area contributed by atoms with Gasteiger partial charge in [0.2, 0.25) is 5.91 Å². The molecular weight excluding hydrogens is 284 g/mol. The Morgan fingerprint density at radius 3 is 2.61 bits per heavy atom. The zero-order valence-electron chi connectivity index (χ0n) is 14.1. The zero-order chi connectivity index (χ0) is 16.3. The molecule has 1 aliphatic rings. The van der Waals surface area contributed by atoms with Crippen LogP contribution < -0.4 is 5.32 Å². The van der Waals surface area contributed by atoms with Crippen LogP contribution in [0, 0.1) is 6.92 Å². The Morgan fingerprint density at radius 2 is 1.87 bits per heavy atom. The smallest absolute Gasteiger partial charge is 0.243 e. The van der Waals surface area contributed by atoms with Crippen molar-refractivity contribution in [3.63, 3.8) is 0 Å². The number of allylic oxidation sites excluding steroid dienone is 2. The Kier molecular flexibility index (Phi) is 7.61. The van der Waals surface area contributed by atoms with Gasteiger partial charge in [-0.05, 0) is 51.4 Å². The van der Waals surface area contributed by atoms with E-state index in [0.29, 0.717) is 0 Å². The van der Waals surface area contributed by atoms with Crippen LogP contribution in [0.4, 0.5) is 0 Å². The zero-order valence-corrected chi connectivity index (χ0v) is 14.1. The lowest BCUT2D eigenvalue weighted by molar-refractivity contribution is -0.116. The minimum absolute atomic E-state index is 0.0165. The van der Waals surface area contributed by atoms with Gasteiger partial charge in [-0.15, -0.1) is 0 Å². The van der Waals surface area contributed by atoms with Gasteiger partial charge in [0.15, 0.2) is 0 Å². The van der Waals surface area contributed by atoms with E-state index in [1.807, 2.05) is 12.2 Å². The van der Waals surface area contributed by atoms with E-state index in [1.165, 1.54) is 37.9 Å². The lowest BCUT2D eigenvalue weighted by atomic mass is 10.1. The Balaban J connectivity index is 1.59. The summed E-state index contributed by atoms with van der Waals surface area (Å²) >= 11 is 0. The van der Waals surface area contributed by atoms with Gasteiger partial charge in [-0.2, -0.15) is 0 Å². The molecule has 0 bridgehead atoms. The number of nitrogens with zero attached hydrogens (tertiary/aromatic N) is 1. The van der Waals surface area contributed by atoms with Crippen molar-refractivity contribution < 1.29 is 4.79 Å². The number of aryl methyl sites for hydroxylation is 1. The first-order valence-corrected chi connectivity index (χ1v) is 8.66. The number of carbonyl (C=O) groups is 1. The molecule has 1 saturated heterocycles. The molecule has 124 valence electrons. The first-order valence-electron chi connectivity index (χ1n) is 8.66. The quantitative estimate of drug-likeness (QED) is 0.474. The normalized spacial score (nSPS) is 16.2. The second-order valence-electron chi connectivity index (χ2n) is 6.18. The molecule has 0 spiro atoms. The maximum atomic E-state index is 11.7. The van der Waals surface area contributed by atoms with E-state index in [1.54, 1.807) is 12.2 Å². The van der Waals surface area contributed by atoms with Crippen molar-refractivity contribution in [3.8, 4) is 0 Å². The molecule has 1 aliphatic heterocycles. The molecule has 1 aromatic rings. The molecule has 3 heteroatoms. The number of amides is 1. The van der Waals surface area contributed by atoms with E-state index in [4.69, 9.17) is 0 Å². The van der Waals surface area contributed by atoms with Crippen LogP contribution in [-0.4, -0.2) is 37.0 Å². The van der Waals surface area contributed by atoms with E-state index in [0.717, 1.165) is 25.1 Å². The van der Waals surface area contributed by atoms with Crippen LogP contribution in [0.2, 0.25) is 0 Å². The Labute approximate surface area is 140 Å². The van der Waals surface area contributed by atoms with Crippen LogP contribution in [0.1, 0.15) is 36.8 Å². The minimum Gasteiger partial charge on any atom is -0.353 e. The van der Waals surface area contributed by atoms with E-state index in [-0.39, 0.29) is 5.91 Å². The van der Waals surface area contributed by atoms with Gasteiger partial charge in [0.05, 0.1) is 0 Å². The molecule has 1 amide bonds. The van der Waals surface area contributed by atoms with Gasteiger partial charge in [0, 0.05) is 12.6 Å². The fraction of sp³-hybridized carbons (Fsp3) is 0.450. The topological polar surface area (TPSA) is 32.3 Å². The highest BCUT2D eigenvalue weighted by Crippen LogP contribution is 2.08. The van der Waals surface area contributed by atoms with Gasteiger partial charge in [-0.1, -0.05) is 54.5 Å². The number of carbonyl (C=O) groups excluding carboxylic acids is 1. The van der Waals surface area contributed by atoms with Crippen LogP contribution in [0.3, 0.4) is 0 Å². The lowest BCUT2D eigenvalue weighted by Gasteiger charge is -2.26. The Hall–Kier alpha value is -1.87. The summed E-state index contributed by atoms with van der Waals surface area (Å²) in [6.07, 6.45) is 12.3. The molecule has 0 radical (unpaired) electrons. The molecule has 23 heavy (non-hydrogen) atoms. The van der Waals surface area contributed by atoms with Crippen LogP contribution in [0.5, 0.6) is 0 Å². The predicted octanol–water partition coefficient (Wildman–Crippen LogP) is 3.56. The van der Waals surface area contributed by atoms with Gasteiger partial charge in [0.25, 0.3) is 0 Å². The van der Waals surface area contributed by atoms with Crippen LogP contribution in [0.25, 0.3) is 6.08 Å². The highest BCUT2D eigenvalue weighted by Gasteiger charge is 2.08. The van der Waals surface area contributed by atoms with Gasteiger partial charge < -0.3 is 10.2 Å². The first-order chi connectivity index (χ1) is 11.2. The standard InChI is InChI=1S/C20H28N2O/c1-18-10-12-19(13-11-18)8-3-4-9-20(23)21-14-7-17-22-15-5-2-6-16-22/h3-4,8-13H,2,5-7,14-17H2,1H3,(H,21,23)/b8-3+,9-4+. The van der Waals surface area contributed by atoms with Crippen LogP contribution >= 0.6 is 0 Å². The molecule has 0 atom stereocenters. The van der Waals surface area contributed by atoms with E-state index >= 15 is 0 Å². The summed E-state index contributed by atoms with van der Waals surface area (Å²) < 4.78 is 0. The van der Waals surface area contributed by atoms with Crippen molar-refractivity contribution >= 4 is 12.0 Å². The van der Waals surface area contributed by atoms with E-state index in [2.05, 4.69) is 41.4 Å². The van der Waals surface area contributed by atoms with Gasteiger partial charge in [-0.25, -0.2) is 0 Å². The number of hydrogen-bond acceptors (Lipinski definition) is 2. The van der Waals surface area contributed by atoms with E-state index < -0.39 is 0 Å². The summed E-state index contributed by atoms with van der Waals surface area (Å²) in [7, 11) is 0. The third kappa shape index (κ3) is 7.29. The Morgan fingerprint density at radius 1 is 1.13 bits per heavy atom. The molecule has 2 rings (SSSR count). The third-order valence-electron chi connectivity index (χ3n) is 4.12. The largest absolute Gasteiger partial charge is 0.353 e. The molecule has 0 saturated carbocycles. The number of nitrogens with one attached hydrogen (secondary N) is 1.